The quantitative estimate of drug-likeness (QED) is 0.419. The molecule has 0 saturated carbocycles. The van der Waals surface area contributed by atoms with Crippen LogP contribution in [0.4, 0.5) is 16.2 Å². The number of anilines is 2. The van der Waals surface area contributed by atoms with E-state index in [1.807, 2.05) is 30.3 Å². The third kappa shape index (κ3) is 3.81. The maximum Gasteiger partial charge on any atom is 0.229 e. The number of nitrogens with one attached hydrogen (secondary N) is 2. The molecule has 34 heavy (non-hydrogen) atoms. The zero-order chi connectivity index (χ0) is 23.1. The molecule has 4 heterocycles. The van der Waals surface area contributed by atoms with Crippen LogP contribution in [0.3, 0.4) is 0 Å². The summed E-state index contributed by atoms with van der Waals surface area (Å²) in [5.74, 6) is 1.75. The summed E-state index contributed by atoms with van der Waals surface area (Å²) in [6, 6.07) is 14.3. The minimum Gasteiger partial charge on any atom is -0.361 e. The zero-order valence-electron chi connectivity index (χ0n) is 18.7. The summed E-state index contributed by atoms with van der Waals surface area (Å²) in [5.41, 5.74) is 3.81. The van der Waals surface area contributed by atoms with E-state index >= 15 is 0 Å². The van der Waals surface area contributed by atoms with Crippen LogP contribution in [-0.2, 0) is 6.54 Å². The molecule has 0 spiro atoms. The van der Waals surface area contributed by atoms with Crippen molar-refractivity contribution in [2.24, 2.45) is 0 Å². The van der Waals surface area contributed by atoms with Gasteiger partial charge in [-0.1, -0.05) is 18.2 Å². The number of rotatable bonds is 5. The summed E-state index contributed by atoms with van der Waals surface area (Å²) in [6.07, 6.45) is 1.66. The number of hydrogen-bond acceptors (Lipinski definition) is 7. The van der Waals surface area contributed by atoms with Crippen LogP contribution >= 0.6 is 0 Å². The SMILES string of the molecule is CN1CCN(c2nc(NCc3nc4ccccc4[nH]3)c3ncn(-c4cccc(F)c4)c3n2)CC1. The van der Waals surface area contributed by atoms with Crippen LogP contribution in [0.1, 0.15) is 5.82 Å². The molecule has 2 N–H and O–H groups in total. The lowest BCUT2D eigenvalue weighted by atomic mass is 10.3. The van der Waals surface area contributed by atoms with Gasteiger partial charge in [-0.05, 0) is 37.4 Å². The van der Waals surface area contributed by atoms with Crippen LogP contribution in [0.5, 0.6) is 0 Å². The number of aromatic amines is 1. The zero-order valence-corrected chi connectivity index (χ0v) is 18.7. The highest BCUT2D eigenvalue weighted by atomic mass is 19.1. The molecule has 1 aliphatic heterocycles. The molecule has 2 aromatic carbocycles. The molecule has 0 aliphatic carbocycles. The fraction of sp³-hybridized carbons (Fsp3) is 0.250. The first-order chi connectivity index (χ1) is 16.6. The van der Waals surface area contributed by atoms with Crippen molar-refractivity contribution in [1.82, 2.24) is 34.4 Å². The van der Waals surface area contributed by atoms with Gasteiger partial charge in [-0.3, -0.25) is 4.57 Å². The maximum atomic E-state index is 13.9. The van der Waals surface area contributed by atoms with E-state index in [1.165, 1.54) is 12.1 Å². The van der Waals surface area contributed by atoms with E-state index in [9.17, 15) is 4.39 Å². The Kier molecular flexibility index (Phi) is 5.06. The molecular formula is C24H24FN9. The van der Waals surface area contributed by atoms with Gasteiger partial charge in [0.2, 0.25) is 5.95 Å². The topological polar surface area (TPSA) is 90.8 Å². The summed E-state index contributed by atoms with van der Waals surface area (Å²) >= 11 is 0. The Labute approximate surface area is 195 Å². The van der Waals surface area contributed by atoms with E-state index in [0.717, 1.165) is 43.0 Å². The van der Waals surface area contributed by atoms with Crippen LogP contribution in [0.15, 0.2) is 54.9 Å². The Bertz CT molecular complexity index is 1430. The number of para-hydroxylation sites is 2. The highest BCUT2D eigenvalue weighted by Gasteiger charge is 2.21. The number of nitrogens with zero attached hydrogens (tertiary/aromatic N) is 7. The van der Waals surface area contributed by atoms with Gasteiger partial charge < -0.3 is 20.1 Å². The molecule has 5 aromatic rings. The Morgan fingerprint density at radius 1 is 1.00 bits per heavy atom. The van der Waals surface area contributed by atoms with E-state index in [-0.39, 0.29) is 5.82 Å². The minimum absolute atomic E-state index is 0.309. The number of hydrogen-bond donors (Lipinski definition) is 2. The highest BCUT2D eigenvalue weighted by molar-refractivity contribution is 5.85. The molecule has 9 nitrogen and oxygen atoms in total. The normalized spacial score (nSPS) is 14.8. The maximum absolute atomic E-state index is 13.9. The van der Waals surface area contributed by atoms with Crippen molar-refractivity contribution < 1.29 is 4.39 Å². The molecule has 0 unspecified atom stereocenters. The summed E-state index contributed by atoms with van der Waals surface area (Å²) in [7, 11) is 2.11. The van der Waals surface area contributed by atoms with Gasteiger partial charge in [0.1, 0.15) is 18.0 Å². The second kappa shape index (κ2) is 8.38. The Morgan fingerprint density at radius 2 is 1.85 bits per heavy atom. The van der Waals surface area contributed by atoms with Gasteiger partial charge in [0.05, 0.1) is 23.3 Å². The van der Waals surface area contributed by atoms with Gasteiger partial charge in [-0.25, -0.2) is 14.4 Å². The molecule has 3 aromatic heterocycles. The average molecular weight is 458 g/mol. The molecule has 6 rings (SSSR count). The molecule has 1 aliphatic rings. The second-order valence-electron chi connectivity index (χ2n) is 8.48. The number of H-pyrrole nitrogens is 1. The Hall–Kier alpha value is -4.05. The predicted octanol–water partition coefficient (Wildman–Crippen LogP) is 3.19. The smallest absolute Gasteiger partial charge is 0.229 e. The number of fused-ring (bicyclic) bond motifs is 2. The molecule has 1 fully saturated rings. The first kappa shape index (κ1) is 20.5. The lowest BCUT2D eigenvalue weighted by Gasteiger charge is -2.32. The van der Waals surface area contributed by atoms with Crippen molar-refractivity contribution in [3.05, 3.63) is 66.5 Å². The predicted molar refractivity (Wildman–Crippen MR) is 130 cm³/mol. The first-order valence-electron chi connectivity index (χ1n) is 11.3. The van der Waals surface area contributed by atoms with E-state index in [2.05, 4.69) is 37.1 Å². The summed E-state index contributed by atoms with van der Waals surface area (Å²) in [6.45, 7) is 3.99. The van der Waals surface area contributed by atoms with Crippen molar-refractivity contribution in [2.45, 2.75) is 6.54 Å². The Balaban J connectivity index is 1.40. The van der Waals surface area contributed by atoms with Crippen LogP contribution < -0.4 is 10.2 Å². The van der Waals surface area contributed by atoms with Crippen molar-refractivity contribution in [2.75, 3.05) is 43.4 Å². The number of halogens is 1. The number of benzene rings is 2. The fourth-order valence-corrected chi connectivity index (χ4v) is 4.23. The monoisotopic (exact) mass is 457 g/mol. The lowest BCUT2D eigenvalue weighted by Crippen LogP contribution is -2.45. The molecule has 0 bridgehead atoms. The number of likely N-dealkylation sites (N-methyl/N-ethyl adjacent to an activating group) is 1. The lowest BCUT2D eigenvalue weighted by molar-refractivity contribution is 0.311. The van der Waals surface area contributed by atoms with Crippen LogP contribution in [0.2, 0.25) is 0 Å². The highest BCUT2D eigenvalue weighted by Crippen LogP contribution is 2.26. The van der Waals surface area contributed by atoms with E-state index in [1.54, 1.807) is 17.0 Å². The van der Waals surface area contributed by atoms with Gasteiger partial charge in [0.25, 0.3) is 0 Å². The number of aromatic nitrogens is 6. The number of piperazine rings is 1. The summed E-state index contributed by atoms with van der Waals surface area (Å²) in [5, 5.41) is 3.40. The van der Waals surface area contributed by atoms with Crippen molar-refractivity contribution in [3.63, 3.8) is 0 Å². The number of imidazole rings is 2. The Morgan fingerprint density at radius 3 is 2.68 bits per heavy atom. The second-order valence-corrected chi connectivity index (χ2v) is 8.48. The average Bonchev–Trinajstić information content (AvgIpc) is 3.47. The largest absolute Gasteiger partial charge is 0.361 e. The van der Waals surface area contributed by atoms with Crippen molar-refractivity contribution in [1.29, 1.82) is 0 Å². The van der Waals surface area contributed by atoms with E-state index < -0.39 is 0 Å². The van der Waals surface area contributed by atoms with E-state index in [4.69, 9.17) is 9.97 Å². The van der Waals surface area contributed by atoms with Crippen LogP contribution in [-0.4, -0.2) is 67.6 Å². The van der Waals surface area contributed by atoms with Crippen molar-refractivity contribution in [3.8, 4) is 5.69 Å². The van der Waals surface area contributed by atoms with E-state index in [0.29, 0.717) is 35.2 Å². The standard InChI is InChI=1S/C24H24FN9/c1-32-9-11-33(12-10-32)24-30-22(26-14-20-28-18-7-2-3-8-19(18)29-20)21-23(31-24)34(15-27-21)17-6-4-5-16(25)13-17/h2-8,13,15H,9-12,14H2,1H3,(H,28,29)(H,26,30,31). The molecule has 1 saturated heterocycles. The van der Waals surface area contributed by atoms with Crippen molar-refractivity contribution >= 4 is 34.0 Å². The molecule has 10 heteroatoms. The molecular weight excluding hydrogens is 433 g/mol. The minimum atomic E-state index is -0.309. The third-order valence-electron chi connectivity index (χ3n) is 6.12. The van der Waals surface area contributed by atoms with Crippen LogP contribution in [0.25, 0.3) is 27.9 Å². The first-order valence-corrected chi connectivity index (χ1v) is 11.3. The van der Waals surface area contributed by atoms with Gasteiger partial charge in [0.15, 0.2) is 17.0 Å². The van der Waals surface area contributed by atoms with Crippen LogP contribution in [0, 0.1) is 5.82 Å². The van der Waals surface area contributed by atoms with Gasteiger partial charge in [-0.15, -0.1) is 0 Å². The van der Waals surface area contributed by atoms with Gasteiger partial charge in [-0.2, -0.15) is 9.97 Å². The molecule has 0 amide bonds. The van der Waals surface area contributed by atoms with Gasteiger partial charge >= 0.3 is 0 Å². The summed E-state index contributed by atoms with van der Waals surface area (Å²) < 4.78 is 15.7. The molecule has 172 valence electrons. The fourth-order valence-electron chi connectivity index (χ4n) is 4.23. The molecule has 0 radical (unpaired) electrons. The third-order valence-corrected chi connectivity index (χ3v) is 6.12. The molecule has 0 atom stereocenters. The van der Waals surface area contributed by atoms with Gasteiger partial charge in [0, 0.05) is 26.2 Å². The summed E-state index contributed by atoms with van der Waals surface area (Å²) in [4.78, 5) is 26.7.